The molecule has 2 N–H and O–H groups in total. The van der Waals surface area contributed by atoms with E-state index in [-0.39, 0.29) is 5.91 Å². The number of amides is 2. The Morgan fingerprint density at radius 2 is 1.67 bits per heavy atom. The minimum atomic E-state index is -0.245. The Balaban J connectivity index is 0. The molecular weight excluding hydrogens is 156 g/mol. The Morgan fingerprint density at radius 1 is 1.33 bits per heavy atom. The minimum Gasteiger partial charge on any atom is -0.370 e. The summed E-state index contributed by atoms with van der Waals surface area (Å²) < 4.78 is 0. The number of hydrogen-bond donors (Lipinski definition) is 1. The maximum absolute atomic E-state index is 9.89. The predicted octanol–water partition coefficient (Wildman–Crippen LogP) is 0.366. The lowest BCUT2D eigenvalue weighted by atomic mass is 10.5. The maximum Gasteiger partial charge on any atom is 0.217 e. The molecule has 72 valence electrons. The van der Waals surface area contributed by atoms with Gasteiger partial charge in [-0.05, 0) is 13.8 Å². The number of rotatable bonds is 4. The van der Waals surface area contributed by atoms with Gasteiger partial charge >= 0.3 is 0 Å². The monoisotopic (exact) mass is 174 g/mol. The Bertz CT molecular complexity index is 122. The predicted molar refractivity (Wildman–Crippen MR) is 48.5 cm³/mol. The molecular formula is C8H18N2O2. The maximum atomic E-state index is 9.89. The van der Waals surface area contributed by atoms with Crippen LogP contribution in [0.25, 0.3) is 0 Å². The van der Waals surface area contributed by atoms with Gasteiger partial charge in [-0.1, -0.05) is 6.92 Å². The summed E-state index contributed by atoms with van der Waals surface area (Å²) in [5, 5.41) is 0. The summed E-state index contributed by atoms with van der Waals surface area (Å²) in [5.41, 5.74) is 4.65. The van der Waals surface area contributed by atoms with Gasteiger partial charge in [-0.3, -0.25) is 9.59 Å². The summed E-state index contributed by atoms with van der Waals surface area (Å²) >= 11 is 0. The van der Waals surface area contributed by atoms with Crippen molar-refractivity contribution in [1.29, 1.82) is 0 Å². The van der Waals surface area contributed by atoms with Gasteiger partial charge in [-0.2, -0.15) is 0 Å². The van der Waals surface area contributed by atoms with Crippen LogP contribution in [0.2, 0.25) is 0 Å². The van der Waals surface area contributed by atoms with Crippen molar-refractivity contribution in [3.8, 4) is 0 Å². The van der Waals surface area contributed by atoms with Gasteiger partial charge in [0.05, 0.1) is 0 Å². The molecule has 2 amide bonds. The second-order valence-corrected chi connectivity index (χ2v) is 2.15. The quantitative estimate of drug-likeness (QED) is 0.626. The fourth-order valence-corrected chi connectivity index (χ4v) is 0.373. The summed E-state index contributed by atoms with van der Waals surface area (Å²) in [6.07, 6.45) is 1.31. The third-order valence-electron chi connectivity index (χ3n) is 1.31. The van der Waals surface area contributed by atoms with Crippen molar-refractivity contribution in [2.45, 2.75) is 27.2 Å². The minimum absolute atomic E-state index is 0.245. The van der Waals surface area contributed by atoms with Crippen LogP contribution in [-0.2, 0) is 9.59 Å². The SMILES string of the molecule is CCC(N)=O.CCN(C=O)CC. The van der Waals surface area contributed by atoms with E-state index in [9.17, 15) is 9.59 Å². The molecule has 0 radical (unpaired) electrons. The lowest BCUT2D eigenvalue weighted by Gasteiger charge is -2.08. The standard InChI is InChI=1S/C5H11NO.C3H7NO/c1-3-6(4-2)5-7;1-2-3(4)5/h5H,3-4H2,1-2H3;2H2,1H3,(H2,4,5). The smallest absolute Gasteiger partial charge is 0.217 e. The normalized spacial score (nSPS) is 7.92. The van der Waals surface area contributed by atoms with Crippen LogP contribution >= 0.6 is 0 Å². The summed E-state index contributed by atoms with van der Waals surface area (Å²) in [6, 6.07) is 0. The van der Waals surface area contributed by atoms with E-state index in [1.807, 2.05) is 13.8 Å². The van der Waals surface area contributed by atoms with E-state index in [0.717, 1.165) is 19.5 Å². The van der Waals surface area contributed by atoms with E-state index in [4.69, 9.17) is 0 Å². The molecule has 0 rings (SSSR count). The van der Waals surface area contributed by atoms with Crippen LogP contribution < -0.4 is 5.73 Å². The second-order valence-electron chi connectivity index (χ2n) is 2.15. The van der Waals surface area contributed by atoms with Crippen LogP contribution in [0.1, 0.15) is 27.2 Å². The third-order valence-corrected chi connectivity index (χ3v) is 1.31. The summed E-state index contributed by atoms with van der Waals surface area (Å²) in [4.78, 5) is 21.2. The lowest BCUT2D eigenvalue weighted by Crippen LogP contribution is -2.19. The van der Waals surface area contributed by atoms with Gasteiger partial charge in [-0.15, -0.1) is 0 Å². The van der Waals surface area contributed by atoms with Crippen molar-refractivity contribution < 1.29 is 9.59 Å². The van der Waals surface area contributed by atoms with Crippen LogP contribution in [0.4, 0.5) is 0 Å². The van der Waals surface area contributed by atoms with Crippen LogP contribution in [-0.4, -0.2) is 30.3 Å². The average Bonchev–Trinajstić information content (AvgIpc) is 2.09. The highest BCUT2D eigenvalue weighted by molar-refractivity contribution is 5.73. The lowest BCUT2D eigenvalue weighted by molar-refractivity contribution is -0.118. The zero-order valence-electron chi connectivity index (χ0n) is 8.04. The molecule has 0 heterocycles. The van der Waals surface area contributed by atoms with Crippen molar-refractivity contribution in [1.82, 2.24) is 4.90 Å². The molecule has 0 aromatic heterocycles. The number of hydrogen-bond acceptors (Lipinski definition) is 2. The number of carbonyl (C=O) groups is 2. The third kappa shape index (κ3) is 11.7. The van der Waals surface area contributed by atoms with Gasteiger partial charge in [0, 0.05) is 19.5 Å². The molecule has 4 nitrogen and oxygen atoms in total. The summed E-state index contributed by atoms with van der Waals surface area (Å²) in [5.74, 6) is -0.245. The zero-order chi connectivity index (χ0) is 9.98. The van der Waals surface area contributed by atoms with E-state index >= 15 is 0 Å². The zero-order valence-corrected chi connectivity index (χ0v) is 8.04. The van der Waals surface area contributed by atoms with Gasteiger partial charge < -0.3 is 10.6 Å². The van der Waals surface area contributed by atoms with Crippen molar-refractivity contribution in [2.24, 2.45) is 5.73 Å². The molecule has 0 bridgehead atoms. The summed E-state index contributed by atoms with van der Waals surface area (Å²) in [6.45, 7) is 7.28. The molecule has 0 atom stereocenters. The van der Waals surface area contributed by atoms with E-state index < -0.39 is 0 Å². The van der Waals surface area contributed by atoms with Crippen LogP contribution in [0.5, 0.6) is 0 Å². The van der Waals surface area contributed by atoms with Crippen molar-refractivity contribution >= 4 is 12.3 Å². The molecule has 0 saturated carbocycles. The van der Waals surface area contributed by atoms with E-state index in [0.29, 0.717) is 6.42 Å². The molecule has 0 fully saturated rings. The second kappa shape index (κ2) is 9.94. The van der Waals surface area contributed by atoms with Crippen molar-refractivity contribution in [3.63, 3.8) is 0 Å². The van der Waals surface area contributed by atoms with Crippen LogP contribution in [0.15, 0.2) is 0 Å². The van der Waals surface area contributed by atoms with E-state index in [2.05, 4.69) is 5.73 Å². The molecule has 0 spiro atoms. The molecule has 4 heteroatoms. The molecule has 0 aromatic rings. The highest BCUT2D eigenvalue weighted by atomic mass is 16.1. The Labute approximate surface area is 73.7 Å². The van der Waals surface area contributed by atoms with Gasteiger partial charge in [0.25, 0.3) is 0 Å². The first kappa shape index (κ1) is 13.5. The van der Waals surface area contributed by atoms with Gasteiger partial charge in [0.1, 0.15) is 0 Å². The first-order valence-corrected chi connectivity index (χ1v) is 4.09. The fourth-order valence-electron chi connectivity index (χ4n) is 0.373. The average molecular weight is 174 g/mol. The van der Waals surface area contributed by atoms with E-state index in [1.165, 1.54) is 0 Å². The van der Waals surface area contributed by atoms with Gasteiger partial charge in [0.15, 0.2) is 0 Å². The topological polar surface area (TPSA) is 63.4 Å². The number of carbonyl (C=O) groups excluding carboxylic acids is 2. The molecule has 0 aromatic carbocycles. The molecule has 0 saturated heterocycles. The number of nitrogens with zero attached hydrogens (tertiary/aromatic N) is 1. The van der Waals surface area contributed by atoms with E-state index in [1.54, 1.807) is 11.8 Å². The molecule has 0 aliphatic rings. The highest BCUT2D eigenvalue weighted by Gasteiger charge is 1.87. The van der Waals surface area contributed by atoms with Crippen molar-refractivity contribution in [3.05, 3.63) is 0 Å². The van der Waals surface area contributed by atoms with Crippen molar-refractivity contribution in [2.75, 3.05) is 13.1 Å². The summed E-state index contributed by atoms with van der Waals surface area (Å²) in [7, 11) is 0. The first-order chi connectivity index (χ1) is 5.62. The largest absolute Gasteiger partial charge is 0.370 e. The Kier molecular flexibility index (Phi) is 11.2. The van der Waals surface area contributed by atoms with Crippen LogP contribution in [0.3, 0.4) is 0 Å². The van der Waals surface area contributed by atoms with Gasteiger partial charge in [0.2, 0.25) is 12.3 Å². The Morgan fingerprint density at radius 3 is 1.67 bits per heavy atom. The molecule has 0 unspecified atom stereocenters. The number of primary amides is 1. The molecule has 0 aliphatic heterocycles. The highest BCUT2D eigenvalue weighted by Crippen LogP contribution is 1.75. The number of nitrogens with two attached hydrogens (primary N) is 1. The molecule has 12 heavy (non-hydrogen) atoms. The molecule has 0 aliphatic carbocycles. The van der Waals surface area contributed by atoms with Gasteiger partial charge in [-0.25, -0.2) is 0 Å². The first-order valence-electron chi connectivity index (χ1n) is 4.09. The fraction of sp³-hybridized carbons (Fsp3) is 0.750. The van der Waals surface area contributed by atoms with Crippen LogP contribution in [0, 0.1) is 0 Å². The Hall–Kier alpha value is -1.06.